The number of amides is 1. The third kappa shape index (κ3) is 4.05. The molecule has 102 valence electrons. The van der Waals surface area contributed by atoms with E-state index in [0.717, 1.165) is 0 Å². The zero-order chi connectivity index (χ0) is 13.8. The molecule has 0 fully saturated rings. The van der Waals surface area contributed by atoms with Gasteiger partial charge in [0, 0.05) is 11.3 Å². The molecular weight excluding hydrogens is 250 g/mol. The lowest BCUT2D eigenvalue weighted by Crippen LogP contribution is -2.43. The van der Waals surface area contributed by atoms with Crippen LogP contribution >= 0.6 is 11.8 Å². The Bertz CT molecular complexity index is 352. The third-order valence-corrected chi connectivity index (χ3v) is 4.58. The van der Waals surface area contributed by atoms with Crippen LogP contribution in [0.5, 0.6) is 0 Å². The first-order valence-corrected chi connectivity index (χ1v) is 7.30. The molecule has 1 amide bonds. The molecule has 0 spiro atoms. The first kappa shape index (κ1) is 15.1. The molecule has 0 heterocycles. The van der Waals surface area contributed by atoms with Crippen LogP contribution in [0.1, 0.15) is 26.7 Å². The van der Waals surface area contributed by atoms with Crippen LogP contribution in [-0.2, 0) is 9.59 Å². The summed E-state index contributed by atoms with van der Waals surface area (Å²) in [7, 11) is 0. The minimum atomic E-state index is -0.886. The van der Waals surface area contributed by atoms with Crippen molar-refractivity contribution in [2.24, 2.45) is 11.8 Å². The van der Waals surface area contributed by atoms with Crippen molar-refractivity contribution in [2.75, 3.05) is 12.8 Å². The molecule has 1 rings (SSSR count). The van der Waals surface area contributed by atoms with Gasteiger partial charge in [0.2, 0.25) is 5.91 Å². The summed E-state index contributed by atoms with van der Waals surface area (Å²) in [5, 5.41) is 12.0. The molecule has 0 saturated heterocycles. The minimum absolute atomic E-state index is 0.0289. The maximum absolute atomic E-state index is 12.1. The number of carbonyl (C=O) groups is 2. The SMILES string of the molecule is CSC(C)(C)CNC(=O)C1CC=CCC1C(=O)O. The highest BCUT2D eigenvalue weighted by atomic mass is 32.2. The molecule has 2 atom stereocenters. The number of rotatable bonds is 5. The Labute approximate surface area is 112 Å². The number of carboxylic acids is 1. The Kier molecular flexibility index (Phi) is 5.26. The number of carbonyl (C=O) groups excluding carboxylic acids is 1. The standard InChI is InChI=1S/C13H21NO3S/c1-13(2,18-3)8-14-11(15)9-6-4-5-7-10(9)12(16)17/h4-5,9-10H,6-8H2,1-3H3,(H,14,15)(H,16,17). The second kappa shape index (κ2) is 6.27. The zero-order valence-electron chi connectivity index (χ0n) is 11.1. The van der Waals surface area contributed by atoms with E-state index in [-0.39, 0.29) is 10.7 Å². The van der Waals surface area contributed by atoms with E-state index in [0.29, 0.717) is 19.4 Å². The number of hydrogen-bond acceptors (Lipinski definition) is 3. The summed E-state index contributed by atoms with van der Waals surface area (Å²) >= 11 is 1.68. The van der Waals surface area contributed by atoms with Crippen LogP contribution in [0.2, 0.25) is 0 Å². The smallest absolute Gasteiger partial charge is 0.307 e. The van der Waals surface area contributed by atoms with Gasteiger partial charge in [-0.25, -0.2) is 0 Å². The number of carboxylic acid groups (broad SMARTS) is 1. The van der Waals surface area contributed by atoms with Gasteiger partial charge in [-0.05, 0) is 32.9 Å². The van der Waals surface area contributed by atoms with Gasteiger partial charge >= 0.3 is 5.97 Å². The summed E-state index contributed by atoms with van der Waals surface area (Å²) in [5.41, 5.74) is 0. The second-order valence-corrected chi connectivity index (χ2v) is 6.69. The summed E-state index contributed by atoms with van der Waals surface area (Å²) < 4.78 is -0.0289. The Hall–Kier alpha value is -0.970. The van der Waals surface area contributed by atoms with Crippen molar-refractivity contribution in [3.05, 3.63) is 12.2 Å². The van der Waals surface area contributed by atoms with Crippen molar-refractivity contribution in [3.8, 4) is 0 Å². The molecule has 5 heteroatoms. The topological polar surface area (TPSA) is 66.4 Å². The van der Waals surface area contributed by atoms with Gasteiger partial charge in [-0.15, -0.1) is 0 Å². The molecule has 0 saturated carbocycles. The lowest BCUT2D eigenvalue weighted by molar-refractivity contribution is -0.147. The van der Waals surface area contributed by atoms with E-state index in [4.69, 9.17) is 5.11 Å². The summed E-state index contributed by atoms with van der Waals surface area (Å²) in [4.78, 5) is 23.2. The normalized spacial score (nSPS) is 23.7. The van der Waals surface area contributed by atoms with Crippen LogP contribution < -0.4 is 5.32 Å². The van der Waals surface area contributed by atoms with Crippen molar-refractivity contribution < 1.29 is 14.7 Å². The van der Waals surface area contributed by atoms with Gasteiger partial charge in [0.25, 0.3) is 0 Å². The molecule has 2 N–H and O–H groups in total. The van der Waals surface area contributed by atoms with Crippen molar-refractivity contribution in [1.82, 2.24) is 5.32 Å². The largest absolute Gasteiger partial charge is 0.481 e. The summed E-state index contributed by atoms with van der Waals surface area (Å²) in [5.74, 6) is -2.06. The molecule has 18 heavy (non-hydrogen) atoms. The van der Waals surface area contributed by atoms with E-state index in [2.05, 4.69) is 5.32 Å². The molecule has 1 aliphatic rings. The van der Waals surface area contributed by atoms with E-state index >= 15 is 0 Å². The fourth-order valence-corrected chi connectivity index (χ4v) is 2.10. The van der Waals surface area contributed by atoms with Crippen LogP contribution in [0.3, 0.4) is 0 Å². The number of hydrogen-bond donors (Lipinski definition) is 2. The predicted molar refractivity (Wildman–Crippen MR) is 73.6 cm³/mol. The van der Waals surface area contributed by atoms with Gasteiger partial charge in [-0.2, -0.15) is 11.8 Å². The number of nitrogens with one attached hydrogen (secondary N) is 1. The molecular formula is C13H21NO3S. The lowest BCUT2D eigenvalue weighted by atomic mass is 9.82. The summed E-state index contributed by atoms with van der Waals surface area (Å²) in [6.07, 6.45) is 6.69. The quantitative estimate of drug-likeness (QED) is 0.750. The first-order valence-electron chi connectivity index (χ1n) is 6.08. The molecule has 0 aromatic heterocycles. The Morgan fingerprint density at radius 3 is 2.39 bits per heavy atom. The molecule has 0 aliphatic heterocycles. The first-order chi connectivity index (χ1) is 8.37. The van der Waals surface area contributed by atoms with Crippen LogP contribution in [0.4, 0.5) is 0 Å². The summed E-state index contributed by atoms with van der Waals surface area (Å²) in [6.45, 7) is 4.65. The zero-order valence-corrected chi connectivity index (χ0v) is 11.9. The second-order valence-electron chi connectivity index (χ2n) is 5.18. The van der Waals surface area contributed by atoms with Crippen LogP contribution in [-0.4, -0.2) is 34.5 Å². The highest BCUT2D eigenvalue weighted by molar-refractivity contribution is 7.99. The minimum Gasteiger partial charge on any atom is -0.481 e. The Morgan fingerprint density at radius 1 is 1.33 bits per heavy atom. The molecule has 0 radical (unpaired) electrons. The van der Waals surface area contributed by atoms with E-state index in [1.54, 1.807) is 11.8 Å². The van der Waals surface area contributed by atoms with Crippen molar-refractivity contribution in [1.29, 1.82) is 0 Å². The van der Waals surface area contributed by atoms with Crippen molar-refractivity contribution in [2.45, 2.75) is 31.4 Å². The highest BCUT2D eigenvalue weighted by Crippen LogP contribution is 2.26. The van der Waals surface area contributed by atoms with Gasteiger partial charge < -0.3 is 10.4 Å². The van der Waals surface area contributed by atoms with Gasteiger partial charge in [0.05, 0.1) is 11.8 Å². The molecule has 0 aromatic rings. The molecule has 4 nitrogen and oxygen atoms in total. The number of thioether (sulfide) groups is 1. The average Bonchev–Trinajstić information content (AvgIpc) is 2.36. The third-order valence-electron chi connectivity index (χ3n) is 3.33. The van der Waals surface area contributed by atoms with Crippen molar-refractivity contribution in [3.63, 3.8) is 0 Å². The van der Waals surface area contributed by atoms with Gasteiger partial charge in [0.15, 0.2) is 0 Å². The van der Waals surface area contributed by atoms with E-state index < -0.39 is 17.8 Å². The van der Waals surface area contributed by atoms with Crippen LogP contribution in [0, 0.1) is 11.8 Å². The van der Waals surface area contributed by atoms with Crippen molar-refractivity contribution >= 4 is 23.6 Å². The fraction of sp³-hybridized carbons (Fsp3) is 0.692. The summed E-state index contributed by atoms with van der Waals surface area (Å²) in [6, 6.07) is 0. The molecule has 0 bridgehead atoms. The number of allylic oxidation sites excluding steroid dienone is 2. The Balaban J connectivity index is 2.60. The molecule has 0 aromatic carbocycles. The van der Waals surface area contributed by atoms with E-state index in [9.17, 15) is 9.59 Å². The maximum atomic E-state index is 12.1. The average molecular weight is 271 g/mol. The molecule has 2 unspecified atom stereocenters. The van der Waals surface area contributed by atoms with Gasteiger partial charge in [-0.3, -0.25) is 9.59 Å². The fourth-order valence-electron chi connectivity index (χ4n) is 1.88. The van der Waals surface area contributed by atoms with E-state index in [1.165, 1.54) is 0 Å². The predicted octanol–water partition coefficient (Wildman–Crippen LogP) is 1.91. The van der Waals surface area contributed by atoms with Crippen LogP contribution in [0.25, 0.3) is 0 Å². The number of aliphatic carboxylic acids is 1. The Morgan fingerprint density at radius 2 is 1.89 bits per heavy atom. The van der Waals surface area contributed by atoms with Crippen LogP contribution in [0.15, 0.2) is 12.2 Å². The molecule has 1 aliphatic carbocycles. The lowest BCUT2D eigenvalue weighted by Gasteiger charge is -2.27. The van der Waals surface area contributed by atoms with E-state index in [1.807, 2.05) is 32.3 Å². The van der Waals surface area contributed by atoms with Gasteiger partial charge in [0.1, 0.15) is 0 Å². The maximum Gasteiger partial charge on any atom is 0.307 e. The monoisotopic (exact) mass is 271 g/mol. The highest BCUT2D eigenvalue weighted by Gasteiger charge is 2.34. The van der Waals surface area contributed by atoms with Gasteiger partial charge in [-0.1, -0.05) is 12.2 Å².